The lowest BCUT2D eigenvalue weighted by Crippen LogP contribution is -2.12. The summed E-state index contributed by atoms with van der Waals surface area (Å²) in [7, 11) is 0. The Bertz CT molecular complexity index is 574. The van der Waals surface area contributed by atoms with Crippen LogP contribution in [0.5, 0.6) is 0 Å². The van der Waals surface area contributed by atoms with Crippen LogP contribution in [0.25, 0.3) is 0 Å². The van der Waals surface area contributed by atoms with Gasteiger partial charge in [0.25, 0.3) is 0 Å². The van der Waals surface area contributed by atoms with Crippen molar-refractivity contribution in [3.8, 4) is 0 Å². The van der Waals surface area contributed by atoms with Gasteiger partial charge in [0.05, 0.1) is 12.2 Å². The van der Waals surface area contributed by atoms with Gasteiger partial charge in [0.15, 0.2) is 0 Å². The normalized spacial score (nSPS) is 18.4. The Labute approximate surface area is 99.1 Å². The summed E-state index contributed by atoms with van der Waals surface area (Å²) >= 11 is 0. The van der Waals surface area contributed by atoms with Crippen LogP contribution in [0.2, 0.25) is 0 Å². The van der Waals surface area contributed by atoms with E-state index >= 15 is 0 Å². The van der Waals surface area contributed by atoms with Crippen LogP contribution in [0.3, 0.4) is 0 Å². The number of nitrogens with zero attached hydrogens (tertiary/aromatic N) is 2. The highest BCUT2D eigenvalue weighted by Gasteiger charge is 2.26. The van der Waals surface area contributed by atoms with Gasteiger partial charge in [0, 0.05) is 5.56 Å². The van der Waals surface area contributed by atoms with Gasteiger partial charge in [0.2, 0.25) is 0 Å². The molecule has 0 radical (unpaired) electrons. The third-order valence-electron chi connectivity index (χ3n) is 3.47. The average molecular weight is 231 g/mol. The number of anilines is 1. The van der Waals surface area contributed by atoms with Gasteiger partial charge in [-0.15, -0.1) is 0 Å². The van der Waals surface area contributed by atoms with Crippen LogP contribution in [0, 0.1) is 12.7 Å². The fourth-order valence-corrected chi connectivity index (χ4v) is 2.52. The fourth-order valence-electron chi connectivity index (χ4n) is 2.52. The molecule has 0 aliphatic heterocycles. The molecule has 1 heterocycles. The number of aryl methyl sites for hydroxylation is 2. The summed E-state index contributed by atoms with van der Waals surface area (Å²) in [5.41, 5.74) is 9.19. The highest BCUT2D eigenvalue weighted by Crippen LogP contribution is 2.35. The zero-order valence-electron chi connectivity index (χ0n) is 9.65. The minimum absolute atomic E-state index is 0.152. The van der Waals surface area contributed by atoms with Gasteiger partial charge in [-0.2, -0.15) is 5.10 Å². The Morgan fingerprint density at radius 1 is 1.47 bits per heavy atom. The van der Waals surface area contributed by atoms with Gasteiger partial charge in [0.1, 0.15) is 11.6 Å². The van der Waals surface area contributed by atoms with Crippen molar-refractivity contribution < 1.29 is 4.39 Å². The van der Waals surface area contributed by atoms with E-state index in [2.05, 4.69) is 5.10 Å². The van der Waals surface area contributed by atoms with Crippen LogP contribution in [0.15, 0.2) is 24.4 Å². The molecule has 88 valence electrons. The van der Waals surface area contributed by atoms with E-state index in [4.69, 9.17) is 5.73 Å². The number of halogens is 1. The molecule has 1 aliphatic carbocycles. The maximum atomic E-state index is 13.1. The van der Waals surface area contributed by atoms with E-state index in [0.717, 1.165) is 29.5 Å². The number of hydrogen-bond donors (Lipinski definition) is 1. The predicted molar refractivity (Wildman–Crippen MR) is 64.2 cm³/mol. The molecular weight excluding hydrogens is 217 g/mol. The Hall–Kier alpha value is -1.84. The van der Waals surface area contributed by atoms with Crippen LogP contribution in [0.1, 0.15) is 29.2 Å². The topological polar surface area (TPSA) is 43.8 Å². The SMILES string of the molecule is Cc1cnn(C2CCc3cc(F)ccc32)c1N. The number of benzene rings is 1. The fraction of sp³-hybridized carbons (Fsp3) is 0.308. The predicted octanol–water partition coefficient (Wildman–Crippen LogP) is 2.45. The second kappa shape index (κ2) is 3.58. The van der Waals surface area contributed by atoms with Gasteiger partial charge >= 0.3 is 0 Å². The summed E-state index contributed by atoms with van der Waals surface area (Å²) in [6, 6.07) is 5.11. The van der Waals surface area contributed by atoms with E-state index in [-0.39, 0.29) is 11.9 Å². The lowest BCUT2D eigenvalue weighted by atomic mass is 10.1. The molecule has 3 nitrogen and oxygen atoms in total. The maximum Gasteiger partial charge on any atom is 0.125 e. The Balaban J connectivity index is 2.07. The summed E-state index contributed by atoms with van der Waals surface area (Å²) in [4.78, 5) is 0. The molecule has 0 saturated heterocycles. The van der Waals surface area contributed by atoms with Gasteiger partial charge in [-0.25, -0.2) is 9.07 Å². The third kappa shape index (κ3) is 1.52. The second-order valence-electron chi connectivity index (χ2n) is 4.56. The molecule has 17 heavy (non-hydrogen) atoms. The molecule has 1 atom stereocenters. The number of nitrogen functional groups attached to an aromatic ring is 1. The van der Waals surface area contributed by atoms with Crippen LogP contribution >= 0.6 is 0 Å². The maximum absolute atomic E-state index is 13.1. The van der Waals surface area contributed by atoms with E-state index in [1.165, 1.54) is 6.07 Å². The minimum atomic E-state index is -0.172. The average Bonchev–Trinajstić information content (AvgIpc) is 2.84. The number of fused-ring (bicyclic) bond motifs is 1. The zero-order chi connectivity index (χ0) is 12.0. The smallest absolute Gasteiger partial charge is 0.125 e. The van der Waals surface area contributed by atoms with E-state index in [9.17, 15) is 4.39 Å². The number of aromatic nitrogens is 2. The molecule has 0 fully saturated rings. The highest BCUT2D eigenvalue weighted by atomic mass is 19.1. The summed E-state index contributed by atoms with van der Waals surface area (Å²) in [6.45, 7) is 1.94. The molecule has 2 N–H and O–H groups in total. The van der Waals surface area contributed by atoms with E-state index in [1.54, 1.807) is 12.3 Å². The largest absolute Gasteiger partial charge is 0.384 e. The van der Waals surface area contributed by atoms with Crippen molar-refractivity contribution in [2.45, 2.75) is 25.8 Å². The monoisotopic (exact) mass is 231 g/mol. The summed E-state index contributed by atoms with van der Waals surface area (Å²) < 4.78 is 15.0. The first-order valence-electron chi connectivity index (χ1n) is 5.74. The Morgan fingerprint density at radius 2 is 2.29 bits per heavy atom. The molecule has 1 aromatic carbocycles. The summed E-state index contributed by atoms with van der Waals surface area (Å²) in [5, 5.41) is 4.32. The van der Waals surface area contributed by atoms with Crippen LogP contribution in [0.4, 0.5) is 10.2 Å². The lowest BCUT2D eigenvalue weighted by Gasteiger charge is -2.14. The van der Waals surface area contributed by atoms with Crippen molar-refractivity contribution in [1.29, 1.82) is 0 Å². The first kappa shape index (κ1) is 10.3. The van der Waals surface area contributed by atoms with Crippen LogP contribution in [-0.2, 0) is 6.42 Å². The first-order valence-corrected chi connectivity index (χ1v) is 5.74. The molecule has 1 aliphatic rings. The molecular formula is C13H14FN3. The van der Waals surface area contributed by atoms with Gasteiger partial charge < -0.3 is 5.73 Å². The summed E-state index contributed by atoms with van der Waals surface area (Å²) in [5.74, 6) is 0.529. The standard InChI is InChI=1S/C13H14FN3/c1-8-7-16-17(13(8)15)12-5-2-9-6-10(14)3-4-11(9)12/h3-4,6-7,12H,2,5,15H2,1H3. The minimum Gasteiger partial charge on any atom is -0.384 e. The molecule has 4 heteroatoms. The zero-order valence-corrected chi connectivity index (χ0v) is 9.65. The molecule has 0 amide bonds. The molecule has 0 spiro atoms. The highest BCUT2D eigenvalue weighted by molar-refractivity contribution is 5.42. The number of rotatable bonds is 1. The van der Waals surface area contributed by atoms with Crippen molar-refractivity contribution in [1.82, 2.24) is 9.78 Å². The summed E-state index contributed by atoms with van der Waals surface area (Å²) in [6.07, 6.45) is 3.59. The number of hydrogen-bond acceptors (Lipinski definition) is 2. The van der Waals surface area contributed by atoms with Gasteiger partial charge in [-0.1, -0.05) is 6.07 Å². The van der Waals surface area contributed by atoms with Gasteiger partial charge in [-0.3, -0.25) is 0 Å². The van der Waals surface area contributed by atoms with Crippen LogP contribution < -0.4 is 5.73 Å². The van der Waals surface area contributed by atoms with E-state index < -0.39 is 0 Å². The van der Waals surface area contributed by atoms with Crippen molar-refractivity contribution in [3.63, 3.8) is 0 Å². The van der Waals surface area contributed by atoms with Crippen LogP contribution in [-0.4, -0.2) is 9.78 Å². The Kier molecular flexibility index (Phi) is 2.18. The quantitative estimate of drug-likeness (QED) is 0.819. The molecule has 1 aromatic heterocycles. The van der Waals surface area contributed by atoms with Gasteiger partial charge in [-0.05, 0) is 43.0 Å². The third-order valence-corrected chi connectivity index (χ3v) is 3.47. The molecule has 0 saturated carbocycles. The number of nitrogens with two attached hydrogens (primary N) is 1. The molecule has 3 rings (SSSR count). The second-order valence-corrected chi connectivity index (χ2v) is 4.56. The van der Waals surface area contributed by atoms with Crippen molar-refractivity contribution in [2.75, 3.05) is 5.73 Å². The van der Waals surface area contributed by atoms with Crippen molar-refractivity contribution >= 4 is 5.82 Å². The molecule has 2 aromatic rings. The molecule has 1 unspecified atom stereocenters. The van der Waals surface area contributed by atoms with Crippen molar-refractivity contribution in [2.24, 2.45) is 0 Å². The van der Waals surface area contributed by atoms with E-state index in [1.807, 2.05) is 17.7 Å². The first-order chi connectivity index (χ1) is 8.16. The lowest BCUT2D eigenvalue weighted by molar-refractivity contribution is 0.527. The van der Waals surface area contributed by atoms with E-state index in [0.29, 0.717) is 5.82 Å². The Morgan fingerprint density at radius 3 is 3.00 bits per heavy atom. The van der Waals surface area contributed by atoms with Crippen molar-refractivity contribution in [3.05, 3.63) is 46.9 Å². The molecule has 0 bridgehead atoms.